The van der Waals surface area contributed by atoms with Crippen molar-refractivity contribution in [3.05, 3.63) is 30.2 Å². The van der Waals surface area contributed by atoms with E-state index in [9.17, 15) is 0 Å². The number of aromatic nitrogens is 3. The minimum absolute atomic E-state index is 0.240. The monoisotopic (exact) mass is 232 g/mol. The number of pyridine rings is 1. The summed E-state index contributed by atoms with van der Waals surface area (Å²) in [5.41, 5.74) is 0.907. The average Bonchev–Trinajstić information content (AvgIpc) is 2.78. The van der Waals surface area contributed by atoms with Gasteiger partial charge in [0, 0.05) is 6.20 Å². The Morgan fingerprint density at radius 1 is 1.29 bits per heavy atom. The zero-order chi connectivity index (χ0) is 12.1. The molecule has 0 aliphatic carbocycles. The maximum Gasteiger partial charge on any atom is 0.160 e. The molecule has 4 nitrogen and oxygen atoms in total. The highest BCUT2D eigenvalue weighted by Crippen LogP contribution is 2.11. The van der Waals surface area contributed by atoms with Gasteiger partial charge in [-0.15, -0.1) is 10.2 Å². The smallest absolute Gasteiger partial charge is 0.160 e. The van der Waals surface area contributed by atoms with E-state index in [-0.39, 0.29) is 6.04 Å². The van der Waals surface area contributed by atoms with Crippen LogP contribution in [0, 0.1) is 0 Å². The Bertz CT molecular complexity index is 463. The van der Waals surface area contributed by atoms with Crippen molar-refractivity contribution in [3.8, 4) is 0 Å². The van der Waals surface area contributed by atoms with Crippen molar-refractivity contribution in [1.82, 2.24) is 19.9 Å². The van der Waals surface area contributed by atoms with Crippen LogP contribution in [0.25, 0.3) is 5.65 Å². The quantitative estimate of drug-likeness (QED) is 0.778. The van der Waals surface area contributed by atoms with Crippen LogP contribution < -0.4 is 5.32 Å². The molecule has 2 rings (SSSR count). The first-order valence-electron chi connectivity index (χ1n) is 6.36. The number of unbranched alkanes of at least 4 members (excludes halogenated alkanes) is 2. The fourth-order valence-corrected chi connectivity index (χ4v) is 1.94. The molecule has 0 saturated heterocycles. The Morgan fingerprint density at radius 3 is 3.00 bits per heavy atom. The number of hydrogen-bond donors (Lipinski definition) is 1. The molecule has 1 atom stereocenters. The van der Waals surface area contributed by atoms with Crippen LogP contribution in [0.4, 0.5) is 0 Å². The van der Waals surface area contributed by atoms with Gasteiger partial charge in [0.1, 0.15) is 0 Å². The minimum Gasteiger partial charge on any atom is -0.308 e. The van der Waals surface area contributed by atoms with Crippen molar-refractivity contribution in [1.29, 1.82) is 0 Å². The fourth-order valence-electron chi connectivity index (χ4n) is 1.94. The lowest BCUT2D eigenvalue weighted by molar-refractivity contribution is 0.520. The first-order chi connectivity index (χ1) is 8.33. The molecule has 92 valence electrons. The van der Waals surface area contributed by atoms with Crippen molar-refractivity contribution < 1.29 is 0 Å². The van der Waals surface area contributed by atoms with Crippen LogP contribution in [-0.2, 0) is 0 Å². The van der Waals surface area contributed by atoms with E-state index >= 15 is 0 Å². The molecule has 0 saturated carbocycles. The molecule has 0 aromatic carbocycles. The zero-order valence-electron chi connectivity index (χ0n) is 10.6. The third-order valence-electron chi connectivity index (χ3n) is 2.96. The van der Waals surface area contributed by atoms with Crippen LogP contribution in [0.3, 0.4) is 0 Å². The van der Waals surface area contributed by atoms with Gasteiger partial charge in [-0.25, -0.2) is 0 Å². The predicted octanol–water partition coefficient (Wildman–Crippen LogP) is 2.57. The van der Waals surface area contributed by atoms with Gasteiger partial charge in [0.05, 0.1) is 6.04 Å². The van der Waals surface area contributed by atoms with E-state index in [1.165, 1.54) is 19.3 Å². The standard InChI is InChI=1S/C13H20N4/c1-3-4-6-9-14-11(2)13-16-15-12-8-5-7-10-17(12)13/h5,7-8,10-11,14H,3-4,6,9H2,1-2H3. The number of fused-ring (bicyclic) bond motifs is 1. The molecule has 17 heavy (non-hydrogen) atoms. The van der Waals surface area contributed by atoms with Crippen LogP contribution >= 0.6 is 0 Å². The minimum atomic E-state index is 0.240. The number of nitrogens with zero attached hydrogens (tertiary/aromatic N) is 3. The summed E-state index contributed by atoms with van der Waals surface area (Å²) < 4.78 is 2.04. The molecule has 0 aliphatic rings. The molecule has 1 N–H and O–H groups in total. The van der Waals surface area contributed by atoms with Crippen LogP contribution in [-0.4, -0.2) is 21.1 Å². The summed E-state index contributed by atoms with van der Waals surface area (Å²) in [5.74, 6) is 0.983. The van der Waals surface area contributed by atoms with Gasteiger partial charge in [-0.1, -0.05) is 25.8 Å². The molecule has 0 fully saturated rings. The van der Waals surface area contributed by atoms with Crippen LogP contribution in [0.2, 0.25) is 0 Å². The van der Waals surface area contributed by atoms with E-state index < -0.39 is 0 Å². The Labute approximate surface area is 102 Å². The van der Waals surface area contributed by atoms with Crippen molar-refractivity contribution in [2.24, 2.45) is 0 Å². The predicted molar refractivity (Wildman–Crippen MR) is 68.9 cm³/mol. The van der Waals surface area contributed by atoms with Crippen molar-refractivity contribution >= 4 is 5.65 Å². The van der Waals surface area contributed by atoms with Gasteiger partial charge in [-0.05, 0) is 32.0 Å². The van der Waals surface area contributed by atoms with Gasteiger partial charge in [0.15, 0.2) is 11.5 Å². The van der Waals surface area contributed by atoms with Crippen molar-refractivity contribution in [2.45, 2.75) is 39.2 Å². The summed E-state index contributed by atoms with van der Waals surface area (Å²) in [6, 6.07) is 6.20. The second-order valence-electron chi connectivity index (χ2n) is 4.37. The molecule has 2 aromatic heterocycles. The fraction of sp³-hybridized carbons (Fsp3) is 0.538. The Hall–Kier alpha value is -1.42. The molecule has 0 aliphatic heterocycles. The van der Waals surface area contributed by atoms with Gasteiger partial charge in [-0.2, -0.15) is 0 Å². The maximum absolute atomic E-state index is 4.24. The number of nitrogens with one attached hydrogen (secondary N) is 1. The molecule has 0 bridgehead atoms. The van der Waals surface area contributed by atoms with Crippen LogP contribution in [0.5, 0.6) is 0 Å². The SMILES string of the molecule is CCCCCNC(C)c1nnc2ccccn12. The Kier molecular flexibility index (Phi) is 4.09. The molecular formula is C13H20N4. The first kappa shape index (κ1) is 12.0. The van der Waals surface area contributed by atoms with Gasteiger partial charge >= 0.3 is 0 Å². The second-order valence-corrected chi connectivity index (χ2v) is 4.37. The average molecular weight is 232 g/mol. The van der Waals surface area contributed by atoms with Crippen LogP contribution in [0.1, 0.15) is 45.0 Å². The lowest BCUT2D eigenvalue weighted by Crippen LogP contribution is -2.21. The summed E-state index contributed by atoms with van der Waals surface area (Å²) in [5, 5.41) is 11.9. The summed E-state index contributed by atoms with van der Waals surface area (Å²) >= 11 is 0. The normalized spacial score (nSPS) is 13.1. The number of rotatable bonds is 6. The Morgan fingerprint density at radius 2 is 2.18 bits per heavy atom. The van der Waals surface area contributed by atoms with E-state index in [1.807, 2.05) is 28.8 Å². The Balaban J connectivity index is 2.01. The molecule has 4 heteroatoms. The molecular weight excluding hydrogens is 212 g/mol. The summed E-state index contributed by atoms with van der Waals surface area (Å²) in [6.45, 7) is 5.39. The lowest BCUT2D eigenvalue weighted by atomic mass is 10.2. The third kappa shape index (κ3) is 2.82. The molecule has 0 amide bonds. The molecule has 1 unspecified atom stereocenters. The molecule has 0 radical (unpaired) electrons. The topological polar surface area (TPSA) is 42.2 Å². The highest BCUT2D eigenvalue weighted by molar-refractivity contribution is 5.37. The van der Waals surface area contributed by atoms with E-state index in [0.29, 0.717) is 0 Å². The van der Waals surface area contributed by atoms with Gasteiger partial charge < -0.3 is 5.32 Å². The number of hydrogen-bond acceptors (Lipinski definition) is 3. The summed E-state index contributed by atoms with van der Waals surface area (Å²) in [6.07, 6.45) is 5.76. The van der Waals surface area contributed by atoms with E-state index in [2.05, 4.69) is 29.4 Å². The first-order valence-corrected chi connectivity index (χ1v) is 6.36. The molecule has 0 spiro atoms. The lowest BCUT2D eigenvalue weighted by Gasteiger charge is -2.11. The highest BCUT2D eigenvalue weighted by Gasteiger charge is 2.11. The molecule has 2 heterocycles. The second kappa shape index (κ2) is 5.77. The zero-order valence-corrected chi connectivity index (χ0v) is 10.6. The van der Waals surface area contributed by atoms with Crippen molar-refractivity contribution in [2.75, 3.05) is 6.54 Å². The maximum atomic E-state index is 4.24. The summed E-state index contributed by atoms with van der Waals surface area (Å²) in [7, 11) is 0. The van der Waals surface area contributed by atoms with Crippen LogP contribution in [0.15, 0.2) is 24.4 Å². The van der Waals surface area contributed by atoms with Crippen molar-refractivity contribution in [3.63, 3.8) is 0 Å². The van der Waals surface area contributed by atoms with Gasteiger partial charge in [0.2, 0.25) is 0 Å². The summed E-state index contributed by atoms with van der Waals surface area (Å²) in [4.78, 5) is 0. The third-order valence-corrected chi connectivity index (χ3v) is 2.96. The highest BCUT2D eigenvalue weighted by atomic mass is 15.3. The van der Waals surface area contributed by atoms with Gasteiger partial charge in [0.25, 0.3) is 0 Å². The largest absolute Gasteiger partial charge is 0.308 e. The molecule has 2 aromatic rings. The van der Waals surface area contributed by atoms with E-state index in [0.717, 1.165) is 18.0 Å². The van der Waals surface area contributed by atoms with Gasteiger partial charge in [-0.3, -0.25) is 4.40 Å². The van der Waals surface area contributed by atoms with E-state index in [4.69, 9.17) is 0 Å². The van der Waals surface area contributed by atoms with E-state index in [1.54, 1.807) is 0 Å².